The van der Waals surface area contributed by atoms with E-state index in [1.807, 2.05) is 0 Å². The molecule has 0 heterocycles. The summed E-state index contributed by atoms with van der Waals surface area (Å²) >= 11 is 1.16. The summed E-state index contributed by atoms with van der Waals surface area (Å²) in [4.78, 5) is 0. The van der Waals surface area contributed by atoms with Gasteiger partial charge >= 0.3 is 87.3 Å². The van der Waals surface area contributed by atoms with Crippen molar-refractivity contribution in [3.05, 3.63) is 0 Å². The fourth-order valence-electron chi connectivity index (χ4n) is 0.750. The molecule has 0 saturated heterocycles. The molecule has 2 heteroatoms. The third-order valence-electron chi connectivity index (χ3n) is 2.56. The molecule has 0 fully saturated rings. The standard InChI is InChI=1S/C6H15Si.K/c1-4-7(5-2)6-3;/h4-6H2,1-3H3;. The molecule has 0 atom stereocenters. The summed E-state index contributed by atoms with van der Waals surface area (Å²) in [5.41, 5.74) is 0. The molecule has 0 saturated carbocycles. The van der Waals surface area contributed by atoms with E-state index >= 15 is 0 Å². The van der Waals surface area contributed by atoms with Gasteiger partial charge in [0.1, 0.15) is 0 Å². The van der Waals surface area contributed by atoms with Gasteiger partial charge in [0, 0.05) is 0 Å². The first kappa shape index (κ1) is 9.85. The second kappa shape index (κ2) is 4.64. The topological polar surface area (TPSA) is 0 Å². The quantitative estimate of drug-likeness (QED) is 0.547. The van der Waals surface area contributed by atoms with Crippen molar-refractivity contribution in [2.75, 3.05) is 0 Å². The molecular formula is C6H15KSi. The average Bonchev–Trinajstić information content (AvgIpc) is 1.87. The number of hydrogen-bond acceptors (Lipinski definition) is 0. The first-order valence-electron chi connectivity index (χ1n) is 3.68. The summed E-state index contributed by atoms with van der Waals surface area (Å²) in [7, 11) is 0. The van der Waals surface area contributed by atoms with E-state index in [-0.39, 0.29) is 0 Å². The normalized spacial score (nSPS) is 12.1. The zero-order chi connectivity index (χ0) is 6.62. The molecular weight excluding hydrogens is 139 g/mol. The SMILES string of the molecule is CC[Si]([K])(CC)CC. The van der Waals surface area contributed by atoms with Gasteiger partial charge in [-0.2, -0.15) is 0 Å². The third kappa shape index (κ3) is 3.13. The summed E-state index contributed by atoms with van der Waals surface area (Å²) in [5.74, 6) is 0. The molecule has 0 aliphatic heterocycles. The van der Waals surface area contributed by atoms with E-state index in [9.17, 15) is 0 Å². The van der Waals surface area contributed by atoms with Crippen molar-refractivity contribution in [2.24, 2.45) is 0 Å². The maximum absolute atomic E-state index is 2.38. The first-order valence-corrected chi connectivity index (χ1v) is 11.5. The molecule has 0 rings (SSSR count). The summed E-state index contributed by atoms with van der Waals surface area (Å²) in [6, 6.07) is 4.62. The van der Waals surface area contributed by atoms with E-state index in [4.69, 9.17) is 0 Å². The molecule has 0 unspecified atom stereocenters. The monoisotopic (exact) mass is 154 g/mol. The van der Waals surface area contributed by atoms with Crippen LogP contribution in [0.25, 0.3) is 0 Å². The van der Waals surface area contributed by atoms with Crippen LogP contribution in [-0.2, 0) is 0 Å². The Morgan fingerprint density at radius 3 is 1.25 bits per heavy atom. The van der Waals surface area contributed by atoms with Crippen molar-refractivity contribution in [3.8, 4) is 0 Å². The van der Waals surface area contributed by atoms with E-state index in [1.165, 1.54) is 0 Å². The molecule has 0 amide bonds. The van der Waals surface area contributed by atoms with Crippen LogP contribution in [0.4, 0.5) is 0 Å². The maximum atomic E-state index is 2.38. The average molecular weight is 154 g/mol. The van der Waals surface area contributed by atoms with Gasteiger partial charge in [-0.15, -0.1) is 0 Å². The Bertz CT molecular complexity index is 51.3. The van der Waals surface area contributed by atoms with Gasteiger partial charge in [-0.1, -0.05) is 0 Å². The summed E-state index contributed by atoms with van der Waals surface area (Å²) in [6.45, 7) is 7.14. The molecule has 44 valence electrons. The van der Waals surface area contributed by atoms with E-state index in [2.05, 4.69) is 20.8 Å². The minimum atomic E-state index is -0.484. The third-order valence-corrected chi connectivity index (χ3v) is 17.6. The van der Waals surface area contributed by atoms with Crippen LogP contribution in [-0.4, -0.2) is 48.4 Å². The zero-order valence-electron chi connectivity index (χ0n) is 6.62. The van der Waals surface area contributed by atoms with Crippen LogP contribution in [0.2, 0.25) is 18.1 Å². The van der Waals surface area contributed by atoms with E-state index in [1.54, 1.807) is 18.1 Å². The van der Waals surface area contributed by atoms with Crippen molar-refractivity contribution < 1.29 is 0 Å². The first-order chi connectivity index (χ1) is 3.68. The van der Waals surface area contributed by atoms with Crippen molar-refractivity contribution in [1.29, 1.82) is 0 Å². The predicted molar refractivity (Wildman–Crippen MR) is 43.0 cm³/mol. The van der Waals surface area contributed by atoms with Crippen molar-refractivity contribution in [1.82, 2.24) is 0 Å². The summed E-state index contributed by atoms with van der Waals surface area (Å²) in [6.07, 6.45) is 0. The van der Waals surface area contributed by atoms with Crippen LogP contribution in [0.5, 0.6) is 0 Å². The molecule has 0 spiro atoms. The van der Waals surface area contributed by atoms with E-state index in [0.717, 1.165) is 47.7 Å². The van der Waals surface area contributed by atoms with Gasteiger partial charge in [-0.3, -0.25) is 0 Å². The Morgan fingerprint density at radius 2 is 1.25 bits per heavy atom. The minimum absolute atomic E-state index is 0.484. The van der Waals surface area contributed by atoms with Gasteiger partial charge in [-0.25, -0.2) is 0 Å². The molecule has 0 aromatic heterocycles. The Kier molecular flexibility index (Phi) is 5.71. The van der Waals surface area contributed by atoms with Crippen molar-refractivity contribution in [3.63, 3.8) is 0 Å². The molecule has 0 N–H and O–H groups in total. The fraction of sp³-hybridized carbons (Fsp3) is 1.00. The number of rotatable bonds is 3. The molecule has 0 nitrogen and oxygen atoms in total. The molecule has 0 aromatic carbocycles. The Morgan fingerprint density at radius 1 is 1.00 bits per heavy atom. The van der Waals surface area contributed by atoms with Gasteiger partial charge in [0.2, 0.25) is 0 Å². The Hall–Kier alpha value is 1.85. The van der Waals surface area contributed by atoms with Crippen LogP contribution in [0, 0.1) is 0 Å². The molecule has 8 heavy (non-hydrogen) atoms. The molecule has 0 aliphatic carbocycles. The molecule has 0 aliphatic rings. The van der Waals surface area contributed by atoms with Gasteiger partial charge in [0.15, 0.2) is 0 Å². The molecule has 0 aromatic rings. The summed E-state index contributed by atoms with van der Waals surface area (Å²) < 4.78 is -0.484. The van der Waals surface area contributed by atoms with Gasteiger partial charge in [0.05, 0.1) is 0 Å². The number of hydrogen-bond donors (Lipinski definition) is 0. The van der Waals surface area contributed by atoms with Crippen molar-refractivity contribution in [2.45, 2.75) is 38.9 Å². The van der Waals surface area contributed by atoms with Crippen LogP contribution < -0.4 is 0 Å². The molecule has 0 radical (unpaired) electrons. The Balaban J connectivity index is 3.58. The van der Waals surface area contributed by atoms with E-state index in [0.29, 0.717) is 0 Å². The second-order valence-corrected chi connectivity index (χ2v) is 18.6. The fourth-order valence-corrected chi connectivity index (χ4v) is 2.25. The Labute approximate surface area is 85.7 Å². The van der Waals surface area contributed by atoms with Crippen LogP contribution in [0.3, 0.4) is 0 Å². The summed E-state index contributed by atoms with van der Waals surface area (Å²) in [5, 5.41) is 0. The van der Waals surface area contributed by atoms with Gasteiger partial charge < -0.3 is 0 Å². The van der Waals surface area contributed by atoms with E-state index < -0.39 is 0.755 Å². The zero-order valence-corrected chi connectivity index (χ0v) is 10.7. The second-order valence-electron chi connectivity index (χ2n) is 2.87. The van der Waals surface area contributed by atoms with Gasteiger partial charge in [-0.05, 0) is 0 Å². The van der Waals surface area contributed by atoms with Crippen molar-refractivity contribution >= 4 is 48.4 Å². The van der Waals surface area contributed by atoms with Crippen LogP contribution in [0.15, 0.2) is 0 Å². The predicted octanol–water partition coefficient (Wildman–Crippen LogP) is 2.16. The van der Waals surface area contributed by atoms with Crippen LogP contribution in [0.1, 0.15) is 20.8 Å². The van der Waals surface area contributed by atoms with Gasteiger partial charge in [0.25, 0.3) is 0 Å². The molecule has 0 bridgehead atoms. The van der Waals surface area contributed by atoms with Crippen LogP contribution >= 0.6 is 0 Å².